The second-order valence-electron chi connectivity index (χ2n) is 2.37. The molecule has 0 radical (unpaired) electrons. The molecule has 12 heavy (non-hydrogen) atoms. The second kappa shape index (κ2) is 3.62. The van der Waals surface area contributed by atoms with Crippen molar-refractivity contribution in [2.75, 3.05) is 11.6 Å². The molecule has 66 valence electrons. The predicted octanol–water partition coefficient (Wildman–Crippen LogP) is 0.159. The van der Waals surface area contributed by atoms with Crippen LogP contribution in [0.15, 0.2) is 12.7 Å². The molecule has 5 heteroatoms. The van der Waals surface area contributed by atoms with Gasteiger partial charge >= 0.3 is 5.97 Å². The molecule has 1 saturated heterocycles. The van der Waals surface area contributed by atoms with Crippen LogP contribution in [0, 0.1) is 0 Å². The van der Waals surface area contributed by atoms with Crippen LogP contribution in [-0.2, 0) is 9.59 Å². The van der Waals surface area contributed by atoms with Crippen LogP contribution >= 0.6 is 11.8 Å². The number of nitrogens with zero attached hydrogens (tertiary/aromatic N) is 1. The van der Waals surface area contributed by atoms with Crippen molar-refractivity contribution >= 4 is 23.6 Å². The van der Waals surface area contributed by atoms with Crippen LogP contribution in [0.25, 0.3) is 0 Å². The quantitative estimate of drug-likeness (QED) is 0.625. The fourth-order valence-electron chi connectivity index (χ4n) is 0.982. The van der Waals surface area contributed by atoms with Gasteiger partial charge in [0.05, 0.1) is 5.88 Å². The van der Waals surface area contributed by atoms with Crippen LogP contribution in [0.5, 0.6) is 0 Å². The first kappa shape index (κ1) is 9.12. The van der Waals surface area contributed by atoms with E-state index >= 15 is 0 Å². The van der Waals surface area contributed by atoms with E-state index in [-0.39, 0.29) is 5.91 Å². The molecule has 1 aliphatic heterocycles. The topological polar surface area (TPSA) is 57.6 Å². The first-order valence-corrected chi connectivity index (χ1v) is 4.56. The lowest BCUT2D eigenvalue weighted by atomic mass is 10.3. The van der Waals surface area contributed by atoms with E-state index in [1.54, 1.807) is 0 Å². The summed E-state index contributed by atoms with van der Waals surface area (Å²) in [5.41, 5.74) is 0. The number of carboxylic acid groups (broad SMARTS) is 1. The SMILES string of the molecule is C=CC(=O)N1CSCC1C(=O)O. The highest BCUT2D eigenvalue weighted by molar-refractivity contribution is 7.99. The lowest BCUT2D eigenvalue weighted by Crippen LogP contribution is -2.40. The molecular weight excluding hydrogens is 178 g/mol. The predicted molar refractivity (Wildman–Crippen MR) is 45.8 cm³/mol. The lowest BCUT2D eigenvalue weighted by Gasteiger charge is -2.17. The Morgan fingerprint density at radius 3 is 2.83 bits per heavy atom. The molecule has 1 N–H and O–H groups in total. The highest BCUT2D eigenvalue weighted by Crippen LogP contribution is 2.20. The van der Waals surface area contributed by atoms with Gasteiger partial charge in [-0.2, -0.15) is 0 Å². The number of thioether (sulfide) groups is 1. The number of hydrogen-bond acceptors (Lipinski definition) is 3. The number of carboxylic acids is 1. The minimum absolute atomic E-state index is 0.313. The third kappa shape index (κ3) is 1.61. The van der Waals surface area contributed by atoms with Crippen LogP contribution in [0.2, 0.25) is 0 Å². The Labute approximate surface area is 74.2 Å². The summed E-state index contributed by atoms with van der Waals surface area (Å²) in [6, 6.07) is -0.680. The monoisotopic (exact) mass is 187 g/mol. The molecule has 0 aromatic heterocycles. The Morgan fingerprint density at radius 2 is 2.33 bits per heavy atom. The summed E-state index contributed by atoms with van der Waals surface area (Å²) >= 11 is 1.44. The zero-order valence-corrected chi connectivity index (χ0v) is 7.21. The van der Waals surface area contributed by atoms with E-state index in [2.05, 4.69) is 6.58 Å². The van der Waals surface area contributed by atoms with Crippen LogP contribution in [0.1, 0.15) is 0 Å². The van der Waals surface area contributed by atoms with Crippen molar-refractivity contribution in [3.05, 3.63) is 12.7 Å². The largest absolute Gasteiger partial charge is 0.480 e. The average molecular weight is 187 g/mol. The Bertz CT molecular complexity index is 229. The summed E-state index contributed by atoms with van der Waals surface area (Å²) in [4.78, 5) is 23.0. The van der Waals surface area contributed by atoms with Crippen molar-refractivity contribution < 1.29 is 14.7 Å². The summed E-state index contributed by atoms with van der Waals surface area (Å²) in [5.74, 6) is -0.348. The molecule has 4 nitrogen and oxygen atoms in total. The smallest absolute Gasteiger partial charge is 0.327 e. The number of carbonyl (C=O) groups is 2. The molecule has 0 aromatic rings. The maximum Gasteiger partial charge on any atom is 0.327 e. The van der Waals surface area contributed by atoms with E-state index in [4.69, 9.17) is 5.11 Å². The fraction of sp³-hybridized carbons (Fsp3) is 0.429. The summed E-state index contributed by atoms with van der Waals surface area (Å²) in [6.07, 6.45) is 1.14. The molecule has 1 rings (SSSR count). The van der Waals surface area contributed by atoms with E-state index in [0.717, 1.165) is 6.08 Å². The molecular formula is C7H9NO3S. The molecule has 0 bridgehead atoms. The van der Waals surface area contributed by atoms with Crippen LogP contribution in [0.3, 0.4) is 0 Å². The average Bonchev–Trinajstić information content (AvgIpc) is 2.50. The van der Waals surface area contributed by atoms with Crippen molar-refractivity contribution in [2.45, 2.75) is 6.04 Å². The van der Waals surface area contributed by atoms with Gasteiger partial charge in [-0.1, -0.05) is 6.58 Å². The molecule has 0 saturated carbocycles. The normalized spacial score (nSPS) is 22.3. The number of aliphatic carboxylic acids is 1. The zero-order valence-electron chi connectivity index (χ0n) is 6.40. The molecule has 1 heterocycles. The van der Waals surface area contributed by atoms with E-state index in [1.807, 2.05) is 0 Å². The molecule has 1 fully saturated rings. The van der Waals surface area contributed by atoms with Gasteiger partial charge in [-0.3, -0.25) is 4.79 Å². The third-order valence-electron chi connectivity index (χ3n) is 1.63. The van der Waals surface area contributed by atoms with Crippen molar-refractivity contribution in [3.8, 4) is 0 Å². The van der Waals surface area contributed by atoms with Gasteiger partial charge in [0.15, 0.2) is 0 Å². The van der Waals surface area contributed by atoms with Crippen molar-refractivity contribution in [1.82, 2.24) is 4.90 Å². The molecule has 1 amide bonds. The Morgan fingerprint density at radius 1 is 1.67 bits per heavy atom. The van der Waals surface area contributed by atoms with Gasteiger partial charge < -0.3 is 10.0 Å². The van der Waals surface area contributed by atoms with Crippen LogP contribution in [-0.4, -0.2) is 39.6 Å². The van der Waals surface area contributed by atoms with Gasteiger partial charge in [0, 0.05) is 5.75 Å². The van der Waals surface area contributed by atoms with Crippen molar-refractivity contribution in [3.63, 3.8) is 0 Å². The van der Waals surface area contributed by atoms with Crippen molar-refractivity contribution in [1.29, 1.82) is 0 Å². The highest BCUT2D eigenvalue weighted by Gasteiger charge is 2.33. The summed E-state index contributed by atoms with van der Waals surface area (Å²) in [6.45, 7) is 3.31. The minimum atomic E-state index is -0.949. The fourth-order valence-corrected chi connectivity index (χ4v) is 2.14. The van der Waals surface area contributed by atoms with Gasteiger partial charge in [-0.05, 0) is 6.08 Å². The van der Waals surface area contributed by atoms with Gasteiger partial charge in [0.1, 0.15) is 6.04 Å². The Balaban J connectivity index is 2.69. The first-order valence-electron chi connectivity index (χ1n) is 3.40. The number of amides is 1. The van der Waals surface area contributed by atoms with E-state index in [1.165, 1.54) is 16.7 Å². The molecule has 0 aliphatic carbocycles. The standard InChI is InChI=1S/C7H9NO3S/c1-2-6(9)8-4-12-3-5(8)7(10)11/h2,5H,1,3-4H2,(H,10,11). The molecule has 1 aliphatic rings. The zero-order chi connectivity index (χ0) is 9.14. The van der Waals surface area contributed by atoms with Crippen LogP contribution in [0.4, 0.5) is 0 Å². The van der Waals surface area contributed by atoms with Crippen LogP contribution < -0.4 is 0 Å². The van der Waals surface area contributed by atoms with E-state index in [0.29, 0.717) is 11.6 Å². The maximum atomic E-state index is 11.1. The Kier molecular flexibility index (Phi) is 2.75. The van der Waals surface area contributed by atoms with Gasteiger partial charge in [0.25, 0.3) is 0 Å². The summed E-state index contributed by atoms with van der Waals surface area (Å²) < 4.78 is 0. The van der Waals surface area contributed by atoms with Gasteiger partial charge in [0.2, 0.25) is 5.91 Å². The minimum Gasteiger partial charge on any atom is -0.480 e. The van der Waals surface area contributed by atoms with E-state index in [9.17, 15) is 9.59 Å². The highest BCUT2D eigenvalue weighted by atomic mass is 32.2. The molecule has 1 unspecified atom stereocenters. The maximum absolute atomic E-state index is 11.1. The molecule has 0 spiro atoms. The molecule has 0 aromatic carbocycles. The molecule has 1 atom stereocenters. The van der Waals surface area contributed by atoms with E-state index < -0.39 is 12.0 Å². The first-order chi connectivity index (χ1) is 5.66. The van der Waals surface area contributed by atoms with Gasteiger partial charge in [-0.15, -0.1) is 11.8 Å². The second-order valence-corrected chi connectivity index (χ2v) is 3.37. The summed E-state index contributed by atoms with van der Waals surface area (Å²) in [7, 11) is 0. The lowest BCUT2D eigenvalue weighted by molar-refractivity contribution is -0.146. The van der Waals surface area contributed by atoms with Gasteiger partial charge in [-0.25, -0.2) is 4.79 Å². The number of hydrogen-bond donors (Lipinski definition) is 1. The number of carbonyl (C=O) groups excluding carboxylic acids is 1. The van der Waals surface area contributed by atoms with Crippen molar-refractivity contribution in [2.24, 2.45) is 0 Å². The number of rotatable bonds is 2. The summed E-state index contributed by atoms with van der Waals surface area (Å²) in [5, 5.41) is 8.69. The third-order valence-corrected chi connectivity index (χ3v) is 2.64. The Hall–Kier alpha value is -0.970.